The predicted molar refractivity (Wildman–Crippen MR) is 48.1 cm³/mol. The maximum absolute atomic E-state index is 11.0. The highest BCUT2D eigenvalue weighted by Crippen LogP contribution is 1.97. The molecule has 0 spiro atoms. The van der Waals surface area contributed by atoms with Gasteiger partial charge in [-0.15, -0.1) is 0 Å². The van der Waals surface area contributed by atoms with Gasteiger partial charge in [0.15, 0.2) is 0 Å². The van der Waals surface area contributed by atoms with Crippen molar-refractivity contribution in [3.8, 4) is 0 Å². The Hall–Kier alpha value is -0.650. The van der Waals surface area contributed by atoms with Gasteiger partial charge in [0.2, 0.25) is 5.91 Å². The molecule has 0 fully saturated rings. The zero-order valence-electron chi connectivity index (χ0n) is 7.25. The van der Waals surface area contributed by atoms with Gasteiger partial charge in [0.1, 0.15) is 0 Å². The number of unbranched alkanes of at least 4 members (excludes halogenated alkanes) is 1. The molecule has 0 aromatic rings. The number of hydrogen-bond donors (Lipinski definition) is 4. The van der Waals surface area contributed by atoms with Gasteiger partial charge in [0.25, 0.3) is 0 Å². The van der Waals surface area contributed by atoms with Gasteiger partial charge >= 0.3 is 0 Å². The fourth-order valence-electron chi connectivity index (χ4n) is 0.871. The third-order valence-corrected chi connectivity index (χ3v) is 1.58. The van der Waals surface area contributed by atoms with Crippen molar-refractivity contribution in [2.24, 2.45) is 17.2 Å². The fourth-order valence-corrected chi connectivity index (χ4v) is 0.871. The number of rotatable bonds is 6. The molecule has 0 rings (SSSR count). The van der Waals surface area contributed by atoms with E-state index in [-0.39, 0.29) is 12.6 Å². The van der Waals surface area contributed by atoms with E-state index >= 15 is 0 Å². The van der Waals surface area contributed by atoms with Crippen LogP contribution in [0, 0.1) is 0 Å². The van der Waals surface area contributed by atoms with Crippen LogP contribution >= 0.6 is 0 Å². The summed E-state index contributed by atoms with van der Waals surface area (Å²) >= 11 is 0. The Kier molecular flexibility index (Phi) is 6.64. The van der Waals surface area contributed by atoms with Crippen LogP contribution in [0.3, 0.4) is 0 Å². The van der Waals surface area contributed by atoms with E-state index in [9.17, 15) is 4.79 Å². The monoisotopic (exact) mass is 174 g/mol. The van der Waals surface area contributed by atoms with E-state index in [0.717, 1.165) is 12.8 Å². The van der Waals surface area contributed by atoms with Gasteiger partial charge in [0, 0.05) is 0 Å². The quantitative estimate of drug-likeness (QED) is 0.289. The average molecular weight is 174 g/mol. The van der Waals surface area contributed by atoms with Crippen LogP contribution in [0.4, 0.5) is 0 Å². The van der Waals surface area contributed by atoms with Crippen LogP contribution in [0.5, 0.6) is 0 Å². The van der Waals surface area contributed by atoms with Crippen LogP contribution in [-0.4, -0.2) is 25.2 Å². The lowest BCUT2D eigenvalue weighted by molar-refractivity contribution is -0.122. The minimum absolute atomic E-state index is 0.142. The molecule has 7 N–H and O–H groups in total. The summed E-state index contributed by atoms with van der Waals surface area (Å²) in [7, 11) is 0. The Balaban J connectivity index is 3.42. The van der Waals surface area contributed by atoms with Crippen LogP contribution in [0.25, 0.3) is 0 Å². The second-order valence-corrected chi connectivity index (χ2v) is 2.64. The molecular weight excluding hydrogens is 156 g/mol. The summed E-state index contributed by atoms with van der Waals surface area (Å²) in [6.07, 6.45) is 2.46. The zero-order chi connectivity index (χ0) is 9.40. The maximum atomic E-state index is 11.0. The first-order valence-corrected chi connectivity index (χ1v) is 4.15. The van der Waals surface area contributed by atoms with Crippen LogP contribution in [0.15, 0.2) is 0 Å². The highest BCUT2D eigenvalue weighted by atomic mass is 16.2. The number of carbonyl (C=O) groups is 1. The number of nitrogens with two attached hydrogens (primary N) is 3. The van der Waals surface area contributed by atoms with Crippen molar-refractivity contribution >= 4 is 5.91 Å². The number of nitrogens with one attached hydrogen (secondary N) is 1. The van der Waals surface area contributed by atoms with Gasteiger partial charge in [0.05, 0.1) is 12.7 Å². The Labute approximate surface area is 72.7 Å². The standard InChI is InChI=1S/C7H18N4O/c8-4-2-1-3-6(10)7(12)11-5-9/h6H,1-5,8-10H2,(H,11,12)/t6-/m1/s1. The van der Waals surface area contributed by atoms with E-state index in [1.807, 2.05) is 0 Å². The Morgan fingerprint density at radius 2 is 2.00 bits per heavy atom. The molecule has 0 radical (unpaired) electrons. The molecule has 5 nitrogen and oxygen atoms in total. The first-order chi connectivity index (χ1) is 5.72. The first kappa shape index (κ1) is 11.4. The molecule has 0 unspecified atom stereocenters. The lowest BCUT2D eigenvalue weighted by atomic mass is 10.1. The SMILES string of the molecule is NCCCC[C@@H](N)C(=O)NCN. The van der Waals surface area contributed by atoms with Crippen molar-refractivity contribution in [3.63, 3.8) is 0 Å². The average Bonchev–Trinajstić information content (AvgIpc) is 2.05. The van der Waals surface area contributed by atoms with E-state index in [1.54, 1.807) is 0 Å². The molecule has 0 aliphatic heterocycles. The van der Waals surface area contributed by atoms with Gasteiger partial charge in [-0.05, 0) is 19.4 Å². The summed E-state index contributed by atoms with van der Waals surface area (Å²) in [5, 5.41) is 2.45. The second-order valence-electron chi connectivity index (χ2n) is 2.64. The van der Waals surface area contributed by atoms with Gasteiger partial charge in [-0.25, -0.2) is 0 Å². The van der Waals surface area contributed by atoms with Crippen molar-refractivity contribution in [2.45, 2.75) is 25.3 Å². The molecule has 12 heavy (non-hydrogen) atoms. The fraction of sp³-hybridized carbons (Fsp3) is 0.857. The number of amides is 1. The second kappa shape index (κ2) is 7.02. The molecule has 0 saturated heterocycles. The van der Waals surface area contributed by atoms with Crippen molar-refractivity contribution in [2.75, 3.05) is 13.2 Å². The molecular formula is C7H18N4O. The molecule has 0 aliphatic rings. The van der Waals surface area contributed by atoms with E-state index in [1.165, 1.54) is 0 Å². The summed E-state index contributed by atoms with van der Waals surface area (Å²) in [6, 6.07) is -0.444. The van der Waals surface area contributed by atoms with Crippen LogP contribution in [-0.2, 0) is 4.79 Å². The molecule has 72 valence electrons. The van der Waals surface area contributed by atoms with E-state index < -0.39 is 6.04 Å². The van der Waals surface area contributed by atoms with Gasteiger partial charge < -0.3 is 22.5 Å². The minimum atomic E-state index is -0.444. The van der Waals surface area contributed by atoms with E-state index in [2.05, 4.69) is 5.32 Å². The smallest absolute Gasteiger partial charge is 0.237 e. The van der Waals surface area contributed by atoms with E-state index in [4.69, 9.17) is 17.2 Å². The third kappa shape index (κ3) is 5.06. The summed E-state index contributed by atoms with van der Waals surface area (Å²) in [4.78, 5) is 11.0. The molecule has 1 atom stereocenters. The highest BCUT2D eigenvalue weighted by molar-refractivity contribution is 5.81. The molecule has 0 bridgehead atoms. The molecule has 0 aromatic carbocycles. The Bertz CT molecular complexity index is 129. The third-order valence-electron chi connectivity index (χ3n) is 1.58. The summed E-state index contributed by atoms with van der Waals surface area (Å²) in [6.45, 7) is 0.786. The molecule has 0 aromatic heterocycles. The normalized spacial score (nSPS) is 12.6. The Morgan fingerprint density at radius 3 is 2.50 bits per heavy atom. The largest absolute Gasteiger partial charge is 0.342 e. The maximum Gasteiger partial charge on any atom is 0.237 e. The summed E-state index contributed by atoms with van der Waals surface area (Å²) < 4.78 is 0. The Morgan fingerprint density at radius 1 is 1.33 bits per heavy atom. The molecule has 1 amide bonds. The summed E-state index contributed by atoms with van der Waals surface area (Å²) in [5.41, 5.74) is 15.9. The van der Waals surface area contributed by atoms with Crippen LogP contribution in [0.1, 0.15) is 19.3 Å². The lowest BCUT2D eigenvalue weighted by Crippen LogP contribution is -2.42. The van der Waals surface area contributed by atoms with Crippen molar-refractivity contribution in [1.82, 2.24) is 5.32 Å². The lowest BCUT2D eigenvalue weighted by Gasteiger charge is -2.09. The van der Waals surface area contributed by atoms with Crippen molar-refractivity contribution < 1.29 is 4.79 Å². The number of hydrogen-bond acceptors (Lipinski definition) is 4. The zero-order valence-corrected chi connectivity index (χ0v) is 7.25. The topological polar surface area (TPSA) is 107 Å². The molecule has 0 heterocycles. The first-order valence-electron chi connectivity index (χ1n) is 4.15. The summed E-state index contributed by atoms with van der Waals surface area (Å²) in [5.74, 6) is -0.186. The van der Waals surface area contributed by atoms with Crippen LogP contribution < -0.4 is 22.5 Å². The van der Waals surface area contributed by atoms with E-state index in [0.29, 0.717) is 13.0 Å². The van der Waals surface area contributed by atoms with Crippen LogP contribution in [0.2, 0.25) is 0 Å². The predicted octanol–water partition coefficient (Wildman–Crippen LogP) is -1.52. The van der Waals surface area contributed by atoms with Gasteiger partial charge in [-0.3, -0.25) is 4.79 Å². The highest BCUT2D eigenvalue weighted by Gasteiger charge is 2.10. The molecule has 0 aliphatic carbocycles. The van der Waals surface area contributed by atoms with Crippen molar-refractivity contribution in [1.29, 1.82) is 0 Å². The van der Waals surface area contributed by atoms with Gasteiger partial charge in [-0.2, -0.15) is 0 Å². The molecule has 5 heteroatoms. The van der Waals surface area contributed by atoms with Crippen molar-refractivity contribution in [3.05, 3.63) is 0 Å². The number of carbonyl (C=O) groups excluding carboxylic acids is 1. The van der Waals surface area contributed by atoms with Gasteiger partial charge in [-0.1, -0.05) is 6.42 Å². The minimum Gasteiger partial charge on any atom is -0.342 e. The molecule has 0 saturated carbocycles.